The Labute approximate surface area is 118 Å². The predicted molar refractivity (Wildman–Crippen MR) is 77.6 cm³/mol. The second kappa shape index (κ2) is 5.13. The van der Waals surface area contributed by atoms with Gasteiger partial charge in [-0.15, -0.1) is 0 Å². The molecule has 0 saturated carbocycles. The van der Waals surface area contributed by atoms with Crippen LogP contribution in [0.4, 0.5) is 0 Å². The lowest BCUT2D eigenvalue weighted by Crippen LogP contribution is -2.39. The fourth-order valence-electron chi connectivity index (χ4n) is 2.62. The molecule has 102 valence electrons. The topological polar surface area (TPSA) is 46.1 Å². The molecule has 1 aromatic heterocycles. The van der Waals surface area contributed by atoms with Crippen LogP contribution >= 0.6 is 0 Å². The normalized spacial score (nSPS) is 18.1. The number of benzene rings is 1. The van der Waals surface area contributed by atoms with Gasteiger partial charge in [0.15, 0.2) is 11.6 Å². The molecule has 1 atom stereocenters. The van der Waals surface area contributed by atoms with Gasteiger partial charge in [-0.25, -0.2) is 9.97 Å². The Morgan fingerprint density at radius 3 is 2.65 bits per heavy atom. The van der Waals surface area contributed by atoms with E-state index in [9.17, 15) is 4.79 Å². The van der Waals surface area contributed by atoms with Crippen molar-refractivity contribution in [2.45, 2.75) is 18.9 Å². The standard InChI is InChI=1S/C16H17N3O/c1-19(2)14-9-8-13-12(15(14)20)10-17-16(18-13)11-6-4-3-5-7-11/h3-7,10,14H,8-9H2,1-2H3. The number of aryl methyl sites for hydroxylation is 1. The summed E-state index contributed by atoms with van der Waals surface area (Å²) in [6, 6.07) is 9.81. The number of Topliss-reactive ketones (excluding diaryl/α,β-unsaturated/α-hetero) is 1. The van der Waals surface area contributed by atoms with Crippen LogP contribution in [0.3, 0.4) is 0 Å². The summed E-state index contributed by atoms with van der Waals surface area (Å²) in [6.45, 7) is 0. The first kappa shape index (κ1) is 12.9. The van der Waals surface area contributed by atoms with Gasteiger partial charge in [-0.2, -0.15) is 0 Å². The van der Waals surface area contributed by atoms with Crippen molar-refractivity contribution < 1.29 is 4.79 Å². The van der Waals surface area contributed by atoms with Crippen molar-refractivity contribution in [3.63, 3.8) is 0 Å². The zero-order chi connectivity index (χ0) is 14.1. The minimum atomic E-state index is -0.0475. The van der Waals surface area contributed by atoms with E-state index in [2.05, 4.69) is 9.97 Å². The number of nitrogens with zero attached hydrogens (tertiary/aromatic N) is 3. The second-order valence-electron chi connectivity index (χ2n) is 5.30. The van der Waals surface area contributed by atoms with Gasteiger partial charge in [-0.3, -0.25) is 9.69 Å². The number of likely N-dealkylation sites (N-methyl/N-ethyl adjacent to an activating group) is 1. The van der Waals surface area contributed by atoms with Gasteiger partial charge in [0.05, 0.1) is 17.3 Å². The van der Waals surface area contributed by atoms with Crippen molar-refractivity contribution in [1.29, 1.82) is 0 Å². The molecule has 0 radical (unpaired) electrons. The third-order valence-corrected chi connectivity index (χ3v) is 3.75. The number of rotatable bonds is 2. The summed E-state index contributed by atoms with van der Waals surface area (Å²) in [6.07, 6.45) is 3.33. The average Bonchev–Trinajstić information content (AvgIpc) is 2.48. The minimum absolute atomic E-state index is 0.0475. The molecule has 20 heavy (non-hydrogen) atoms. The van der Waals surface area contributed by atoms with E-state index in [1.165, 1.54) is 0 Å². The Kier molecular flexibility index (Phi) is 3.32. The van der Waals surface area contributed by atoms with Crippen LogP contribution in [0.15, 0.2) is 36.5 Å². The molecule has 0 amide bonds. The van der Waals surface area contributed by atoms with Gasteiger partial charge in [-0.05, 0) is 26.9 Å². The van der Waals surface area contributed by atoms with Gasteiger partial charge in [-0.1, -0.05) is 30.3 Å². The predicted octanol–water partition coefficient (Wildman–Crippen LogP) is 2.20. The van der Waals surface area contributed by atoms with Crippen molar-refractivity contribution in [1.82, 2.24) is 14.9 Å². The minimum Gasteiger partial charge on any atom is -0.299 e. The van der Waals surface area contributed by atoms with E-state index in [0.29, 0.717) is 11.4 Å². The van der Waals surface area contributed by atoms with Crippen LogP contribution in [-0.4, -0.2) is 40.8 Å². The Bertz CT molecular complexity index is 637. The van der Waals surface area contributed by atoms with Crippen LogP contribution in [0, 0.1) is 0 Å². The SMILES string of the molecule is CN(C)C1CCc2nc(-c3ccccc3)ncc2C1=O. The highest BCUT2D eigenvalue weighted by molar-refractivity contribution is 6.01. The van der Waals surface area contributed by atoms with Crippen LogP contribution in [0.1, 0.15) is 22.5 Å². The molecule has 4 nitrogen and oxygen atoms in total. The van der Waals surface area contributed by atoms with Crippen molar-refractivity contribution in [3.05, 3.63) is 47.8 Å². The van der Waals surface area contributed by atoms with Gasteiger partial charge < -0.3 is 0 Å². The molecule has 0 saturated heterocycles. The summed E-state index contributed by atoms with van der Waals surface area (Å²) in [5.74, 6) is 0.830. The molecule has 1 aliphatic carbocycles. The highest BCUT2D eigenvalue weighted by atomic mass is 16.1. The van der Waals surface area contributed by atoms with E-state index < -0.39 is 0 Å². The number of ketones is 1. The molecule has 1 heterocycles. The maximum Gasteiger partial charge on any atom is 0.183 e. The van der Waals surface area contributed by atoms with E-state index in [1.807, 2.05) is 49.3 Å². The third-order valence-electron chi connectivity index (χ3n) is 3.75. The molecular formula is C16H17N3O. The lowest BCUT2D eigenvalue weighted by molar-refractivity contribution is 0.0851. The smallest absolute Gasteiger partial charge is 0.183 e. The molecule has 0 bridgehead atoms. The molecule has 1 aromatic carbocycles. The molecule has 1 unspecified atom stereocenters. The Balaban J connectivity index is 1.98. The Hall–Kier alpha value is -2.07. The zero-order valence-electron chi connectivity index (χ0n) is 11.7. The summed E-state index contributed by atoms with van der Waals surface area (Å²) in [5, 5.41) is 0. The number of aromatic nitrogens is 2. The largest absolute Gasteiger partial charge is 0.299 e. The van der Waals surface area contributed by atoms with E-state index in [0.717, 1.165) is 24.1 Å². The first-order valence-corrected chi connectivity index (χ1v) is 6.79. The van der Waals surface area contributed by atoms with Crippen LogP contribution in [0.25, 0.3) is 11.4 Å². The van der Waals surface area contributed by atoms with E-state index >= 15 is 0 Å². The maximum atomic E-state index is 12.4. The summed E-state index contributed by atoms with van der Waals surface area (Å²) < 4.78 is 0. The van der Waals surface area contributed by atoms with Crippen molar-refractivity contribution >= 4 is 5.78 Å². The molecule has 1 aliphatic rings. The van der Waals surface area contributed by atoms with Crippen molar-refractivity contribution in [2.24, 2.45) is 0 Å². The molecule has 0 N–H and O–H groups in total. The number of carbonyl (C=O) groups excluding carboxylic acids is 1. The fourth-order valence-corrected chi connectivity index (χ4v) is 2.62. The molecular weight excluding hydrogens is 250 g/mol. The molecule has 3 rings (SSSR count). The van der Waals surface area contributed by atoms with Crippen molar-refractivity contribution in [3.8, 4) is 11.4 Å². The second-order valence-corrected chi connectivity index (χ2v) is 5.30. The fraction of sp³-hybridized carbons (Fsp3) is 0.312. The Morgan fingerprint density at radius 1 is 1.20 bits per heavy atom. The summed E-state index contributed by atoms with van der Waals surface area (Å²) >= 11 is 0. The number of fused-ring (bicyclic) bond motifs is 1. The number of hydrogen-bond acceptors (Lipinski definition) is 4. The lowest BCUT2D eigenvalue weighted by Gasteiger charge is -2.27. The van der Waals surface area contributed by atoms with Crippen molar-refractivity contribution in [2.75, 3.05) is 14.1 Å². The van der Waals surface area contributed by atoms with Crippen LogP contribution in [0.5, 0.6) is 0 Å². The molecule has 0 spiro atoms. The molecule has 0 aliphatic heterocycles. The summed E-state index contributed by atoms with van der Waals surface area (Å²) in [7, 11) is 3.87. The average molecular weight is 267 g/mol. The van der Waals surface area contributed by atoms with Gasteiger partial charge in [0.1, 0.15) is 0 Å². The van der Waals surface area contributed by atoms with E-state index in [1.54, 1.807) is 6.20 Å². The highest BCUT2D eigenvalue weighted by Gasteiger charge is 2.30. The quantitative estimate of drug-likeness (QED) is 0.837. The first-order chi connectivity index (χ1) is 9.66. The van der Waals surface area contributed by atoms with Gasteiger partial charge >= 0.3 is 0 Å². The number of hydrogen-bond donors (Lipinski definition) is 0. The monoisotopic (exact) mass is 267 g/mol. The first-order valence-electron chi connectivity index (χ1n) is 6.79. The lowest BCUT2D eigenvalue weighted by atomic mass is 9.90. The van der Waals surface area contributed by atoms with E-state index in [4.69, 9.17) is 0 Å². The number of carbonyl (C=O) groups is 1. The molecule has 2 aromatic rings. The van der Waals surface area contributed by atoms with Gasteiger partial charge in [0.25, 0.3) is 0 Å². The summed E-state index contributed by atoms with van der Waals surface area (Å²) in [4.78, 5) is 23.3. The van der Waals surface area contributed by atoms with E-state index in [-0.39, 0.29) is 11.8 Å². The van der Waals surface area contributed by atoms with Gasteiger partial charge in [0.2, 0.25) is 0 Å². The Morgan fingerprint density at radius 2 is 1.95 bits per heavy atom. The van der Waals surface area contributed by atoms with Crippen LogP contribution < -0.4 is 0 Å². The maximum absolute atomic E-state index is 12.4. The van der Waals surface area contributed by atoms with Gasteiger partial charge in [0, 0.05) is 11.8 Å². The van der Waals surface area contributed by atoms with Crippen LogP contribution in [0.2, 0.25) is 0 Å². The molecule has 4 heteroatoms. The van der Waals surface area contributed by atoms with Crippen LogP contribution in [-0.2, 0) is 6.42 Å². The summed E-state index contributed by atoms with van der Waals surface area (Å²) in [5.41, 5.74) is 2.54. The third kappa shape index (κ3) is 2.23. The zero-order valence-corrected chi connectivity index (χ0v) is 11.7. The molecule has 0 fully saturated rings. The highest BCUT2D eigenvalue weighted by Crippen LogP contribution is 2.24.